The van der Waals surface area contributed by atoms with Crippen LogP contribution in [0, 0.1) is 0 Å². The molecule has 14 heavy (non-hydrogen) atoms. The maximum atomic E-state index is 11.6. The van der Waals surface area contributed by atoms with E-state index < -0.39 is 5.54 Å². The molecule has 78 valence electrons. The third-order valence-corrected chi connectivity index (χ3v) is 3.32. The van der Waals surface area contributed by atoms with Gasteiger partial charge in [0.15, 0.2) is 0 Å². The molecule has 4 heteroatoms. The summed E-state index contributed by atoms with van der Waals surface area (Å²) in [7, 11) is 0. The van der Waals surface area contributed by atoms with E-state index in [4.69, 9.17) is 5.73 Å². The smallest absolute Gasteiger partial charge is 0.244 e. The second kappa shape index (κ2) is 3.59. The molecule has 1 saturated carbocycles. The first-order valence-corrected chi connectivity index (χ1v) is 5.36. The third-order valence-electron chi connectivity index (χ3n) is 3.32. The predicted octanol–water partition coefficient (Wildman–Crippen LogP) is 0.866. The highest BCUT2D eigenvalue weighted by molar-refractivity contribution is 5.85. The number of nitrogens with zero attached hydrogens (tertiary/aromatic N) is 2. The van der Waals surface area contributed by atoms with E-state index in [0.717, 1.165) is 38.6 Å². The first-order valence-electron chi connectivity index (χ1n) is 5.36. The summed E-state index contributed by atoms with van der Waals surface area (Å²) >= 11 is 0. The molecule has 1 heterocycles. The topological polar surface area (TPSA) is 58.7 Å². The Kier molecular flexibility index (Phi) is 2.44. The lowest BCUT2D eigenvalue weighted by molar-refractivity contribution is -0.132. The molecular formula is C10H17N3O. The van der Waals surface area contributed by atoms with Crippen molar-refractivity contribution in [2.24, 2.45) is 10.8 Å². The van der Waals surface area contributed by atoms with Crippen molar-refractivity contribution in [2.45, 2.75) is 44.1 Å². The van der Waals surface area contributed by atoms with Crippen molar-refractivity contribution in [3.63, 3.8) is 0 Å². The molecule has 0 atom stereocenters. The van der Waals surface area contributed by atoms with Gasteiger partial charge >= 0.3 is 0 Å². The van der Waals surface area contributed by atoms with E-state index >= 15 is 0 Å². The average Bonchev–Trinajstić information content (AvgIpc) is 2.72. The minimum absolute atomic E-state index is 0.198. The minimum atomic E-state index is -0.467. The van der Waals surface area contributed by atoms with E-state index in [9.17, 15) is 4.79 Å². The number of hydrogen-bond acceptors (Lipinski definition) is 3. The molecule has 0 saturated heterocycles. The van der Waals surface area contributed by atoms with E-state index in [1.165, 1.54) is 6.42 Å². The van der Waals surface area contributed by atoms with Crippen molar-refractivity contribution >= 4 is 12.1 Å². The largest absolute Gasteiger partial charge is 0.368 e. The first-order chi connectivity index (χ1) is 6.76. The number of hydrogen-bond donors (Lipinski definition) is 1. The molecule has 0 radical (unpaired) electrons. The van der Waals surface area contributed by atoms with Crippen LogP contribution in [0.5, 0.6) is 0 Å². The van der Waals surface area contributed by atoms with E-state index in [0.29, 0.717) is 0 Å². The van der Waals surface area contributed by atoms with Gasteiger partial charge in [0, 0.05) is 19.2 Å². The number of amides is 1. The van der Waals surface area contributed by atoms with Crippen LogP contribution in [-0.2, 0) is 4.79 Å². The van der Waals surface area contributed by atoms with E-state index in [2.05, 4.69) is 5.10 Å². The van der Waals surface area contributed by atoms with Crippen molar-refractivity contribution in [1.82, 2.24) is 5.01 Å². The molecule has 1 aliphatic heterocycles. The normalized spacial score (nSPS) is 25.3. The summed E-state index contributed by atoms with van der Waals surface area (Å²) in [6, 6.07) is 0. The summed E-state index contributed by atoms with van der Waals surface area (Å²) in [5.41, 5.74) is 5.06. The molecule has 0 aromatic carbocycles. The molecule has 4 nitrogen and oxygen atoms in total. The molecule has 1 amide bonds. The molecule has 2 aliphatic rings. The second-order valence-corrected chi connectivity index (χ2v) is 4.17. The zero-order valence-corrected chi connectivity index (χ0v) is 8.41. The summed E-state index contributed by atoms with van der Waals surface area (Å²) in [5.74, 6) is -0.198. The number of carbonyl (C=O) groups excluding carboxylic acids is 1. The van der Waals surface area contributed by atoms with Gasteiger partial charge in [0.05, 0.1) is 0 Å². The van der Waals surface area contributed by atoms with Gasteiger partial charge in [-0.05, 0) is 12.8 Å². The Hall–Kier alpha value is -1.06. The number of rotatable bonds is 2. The van der Waals surface area contributed by atoms with Crippen molar-refractivity contribution in [3.05, 3.63) is 0 Å². The van der Waals surface area contributed by atoms with Crippen LogP contribution >= 0.6 is 0 Å². The number of nitrogens with two attached hydrogens (primary N) is 1. The highest BCUT2D eigenvalue weighted by Gasteiger charge is 2.43. The Balaban J connectivity index is 2.19. The van der Waals surface area contributed by atoms with Gasteiger partial charge in [-0.15, -0.1) is 0 Å². The Morgan fingerprint density at radius 1 is 1.36 bits per heavy atom. The van der Waals surface area contributed by atoms with Gasteiger partial charge < -0.3 is 5.73 Å². The lowest BCUT2D eigenvalue weighted by atomic mass is 9.80. The monoisotopic (exact) mass is 195 g/mol. The molecule has 1 aliphatic carbocycles. The summed E-state index contributed by atoms with van der Waals surface area (Å²) in [5, 5.41) is 6.17. The van der Waals surface area contributed by atoms with Crippen LogP contribution in [0.3, 0.4) is 0 Å². The van der Waals surface area contributed by atoms with Crippen molar-refractivity contribution in [2.75, 3.05) is 6.54 Å². The fraction of sp³-hybridized carbons (Fsp3) is 0.800. The Bertz CT molecular complexity index is 256. The lowest BCUT2D eigenvalue weighted by Crippen LogP contribution is -2.55. The quantitative estimate of drug-likeness (QED) is 0.710. The highest BCUT2D eigenvalue weighted by Crippen LogP contribution is 2.34. The third kappa shape index (κ3) is 1.38. The number of carbonyl (C=O) groups is 1. The number of primary amides is 1. The maximum absolute atomic E-state index is 11.6. The van der Waals surface area contributed by atoms with Gasteiger partial charge in [-0.2, -0.15) is 5.10 Å². The fourth-order valence-corrected chi connectivity index (χ4v) is 2.49. The van der Waals surface area contributed by atoms with Crippen LogP contribution in [0.15, 0.2) is 5.10 Å². The van der Waals surface area contributed by atoms with Crippen molar-refractivity contribution < 1.29 is 4.79 Å². The van der Waals surface area contributed by atoms with Crippen LogP contribution in [0.25, 0.3) is 0 Å². The van der Waals surface area contributed by atoms with Gasteiger partial charge in [0.25, 0.3) is 0 Å². The second-order valence-electron chi connectivity index (χ2n) is 4.17. The standard InChI is InChI=1S/C10H17N3O/c11-9(14)10(5-2-1-3-6-10)13-8-4-7-12-13/h7H,1-6,8H2,(H2,11,14). The zero-order valence-electron chi connectivity index (χ0n) is 8.41. The Labute approximate surface area is 84.1 Å². The average molecular weight is 195 g/mol. The van der Waals surface area contributed by atoms with Crippen LogP contribution in [0.2, 0.25) is 0 Å². The Morgan fingerprint density at radius 3 is 2.57 bits per heavy atom. The predicted molar refractivity (Wildman–Crippen MR) is 54.8 cm³/mol. The molecule has 0 unspecified atom stereocenters. The molecule has 0 aromatic rings. The van der Waals surface area contributed by atoms with E-state index in [-0.39, 0.29) is 5.91 Å². The van der Waals surface area contributed by atoms with Gasteiger partial charge in [-0.1, -0.05) is 19.3 Å². The summed E-state index contributed by atoms with van der Waals surface area (Å²) in [4.78, 5) is 11.6. The van der Waals surface area contributed by atoms with Crippen molar-refractivity contribution in [1.29, 1.82) is 0 Å². The minimum Gasteiger partial charge on any atom is -0.368 e. The molecule has 1 fully saturated rings. The molecule has 0 spiro atoms. The molecule has 2 rings (SSSR count). The zero-order chi connectivity index (χ0) is 10.0. The van der Waals surface area contributed by atoms with Crippen LogP contribution in [0.1, 0.15) is 38.5 Å². The van der Waals surface area contributed by atoms with Crippen molar-refractivity contribution in [3.8, 4) is 0 Å². The molecule has 0 aromatic heterocycles. The lowest BCUT2D eigenvalue weighted by Gasteiger charge is -2.40. The van der Waals surface area contributed by atoms with Gasteiger partial charge in [-0.3, -0.25) is 9.80 Å². The van der Waals surface area contributed by atoms with Gasteiger partial charge in [-0.25, -0.2) is 0 Å². The van der Waals surface area contributed by atoms with E-state index in [1.807, 2.05) is 11.2 Å². The fourth-order valence-electron chi connectivity index (χ4n) is 2.49. The van der Waals surface area contributed by atoms with Crippen LogP contribution in [-0.4, -0.2) is 29.2 Å². The maximum Gasteiger partial charge on any atom is 0.244 e. The summed E-state index contributed by atoms with van der Waals surface area (Å²) < 4.78 is 0. The van der Waals surface area contributed by atoms with Crippen LogP contribution < -0.4 is 5.73 Å². The first kappa shape index (κ1) is 9.49. The summed E-state index contributed by atoms with van der Waals surface area (Å²) in [6.45, 7) is 0.850. The SMILES string of the molecule is NC(=O)C1(N2CCC=N2)CCCCC1. The van der Waals surface area contributed by atoms with Crippen LogP contribution in [0.4, 0.5) is 0 Å². The van der Waals surface area contributed by atoms with Gasteiger partial charge in [0.1, 0.15) is 5.54 Å². The van der Waals surface area contributed by atoms with E-state index in [1.54, 1.807) is 0 Å². The Morgan fingerprint density at radius 2 is 2.07 bits per heavy atom. The summed E-state index contributed by atoms with van der Waals surface area (Å²) in [6.07, 6.45) is 7.96. The van der Waals surface area contributed by atoms with Gasteiger partial charge in [0.2, 0.25) is 5.91 Å². The number of hydrazone groups is 1. The molecule has 2 N–H and O–H groups in total. The highest BCUT2D eigenvalue weighted by atomic mass is 16.2. The molecular weight excluding hydrogens is 178 g/mol. The molecule has 0 bridgehead atoms.